The number of morpholine rings is 1. The summed E-state index contributed by atoms with van der Waals surface area (Å²) >= 11 is 0. The molecule has 5 rings (SSSR count). The lowest BCUT2D eigenvalue weighted by Gasteiger charge is -2.47. The van der Waals surface area contributed by atoms with Gasteiger partial charge in [-0.05, 0) is 36.0 Å². The number of amides is 1. The predicted octanol–water partition coefficient (Wildman–Crippen LogP) is 1.39. The molecule has 0 saturated carbocycles. The van der Waals surface area contributed by atoms with Gasteiger partial charge in [-0.3, -0.25) is 19.7 Å². The lowest BCUT2D eigenvalue weighted by Crippen LogP contribution is -2.62. The van der Waals surface area contributed by atoms with E-state index in [9.17, 15) is 9.00 Å². The number of nitrogens with zero attached hydrogens (tertiary/aromatic N) is 3. The van der Waals surface area contributed by atoms with Crippen LogP contribution >= 0.6 is 0 Å². The molecule has 2 aromatic rings. The van der Waals surface area contributed by atoms with Crippen LogP contribution in [-0.4, -0.2) is 63.3 Å². The highest BCUT2D eigenvalue weighted by atomic mass is 32.2. The molecule has 0 bridgehead atoms. The zero-order valence-corrected chi connectivity index (χ0v) is 18.0. The van der Waals surface area contributed by atoms with E-state index in [-0.39, 0.29) is 12.0 Å². The van der Waals surface area contributed by atoms with Gasteiger partial charge in [0, 0.05) is 31.1 Å². The number of ether oxygens (including phenoxy) is 1. The van der Waals surface area contributed by atoms with E-state index in [0.717, 1.165) is 43.6 Å². The van der Waals surface area contributed by atoms with Crippen LogP contribution in [0.3, 0.4) is 0 Å². The third-order valence-corrected chi connectivity index (χ3v) is 7.11. The summed E-state index contributed by atoms with van der Waals surface area (Å²) in [7, 11) is -1.57. The van der Waals surface area contributed by atoms with Crippen LogP contribution in [0.1, 0.15) is 31.7 Å². The predicted molar refractivity (Wildman–Crippen MR) is 116 cm³/mol. The highest BCUT2D eigenvalue weighted by Gasteiger charge is 2.38. The fourth-order valence-corrected chi connectivity index (χ4v) is 5.62. The molecule has 4 unspecified atom stereocenters. The van der Waals surface area contributed by atoms with Crippen molar-refractivity contribution in [1.29, 1.82) is 0 Å². The molecule has 2 N–H and O–H groups in total. The van der Waals surface area contributed by atoms with Gasteiger partial charge < -0.3 is 4.74 Å². The number of fused-ring (bicyclic) bond motifs is 2. The summed E-state index contributed by atoms with van der Waals surface area (Å²) < 4.78 is 22.2. The highest BCUT2D eigenvalue weighted by Crippen LogP contribution is 2.32. The molecule has 0 aliphatic carbocycles. The van der Waals surface area contributed by atoms with E-state index < -0.39 is 11.0 Å². The van der Waals surface area contributed by atoms with E-state index in [1.807, 2.05) is 6.07 Å². The van der Waals surface area contributed by atoms with E-state index in [2.05, 4.69) is 46.0 Å². The van der Waals surface area contributed by atoms with Crippen molar-refractivity contribution in [1.82, 2.24) is 24.7 Å². The number of piperidine rings is 1. The lowest BCUT2D eigenvalue weighted by atomic mass is 9.87. The van der Waals surface area contributed by atoms with E-state index in [0.29, 0.717) is 23.0 Å². The Morgan fingerprint density at radius 3 is 3.00 bits per heavy atom. The molecule has 30 heavy (non-hydrogen) atoms. The smallest absolute Gasteiger partial charge is 0.258 e. The van der Waals surface area contributed by atoms with Gasteiger partial charge in [0.2, 0.25) is 0 Å². The standard InChI is InChI=1S/C21H27N5O3S/c1-13(2)12-25-5-6-29-18-8-15(10-22-21(18)25)14-3-4-17-16(7-14)11-23-26(17)20-9-19(27)24-30(20)28/h3-4,7,9,11,13,15,18,21-22H,5-6,8,10,12H2,1-2H3,(H,24,27). The van der Waals surface area contributed by atoms with Crippen LogP contribution in [0.25, 0.3) is 15.9 Å². The van der Waals surface area contributed by atoms with Crippen LogP contribution in [0, 0.1) is 5.92 Å². The topological polar surface area (TPSA) is 88.5 Å². The molecule has 1 aromatic heterocycles. The Hall–Kier alpha value is -2.07. The molecule has 4 atom stereocenters. The largest absolute Gasteiger partial charge is 0.374 e. The number of nitrogens with one attached hydrogen (secondary N) is 2. The van der Waals surface area contributed by atoms with Gasteiger partial charge in [-0.25, -0.2) is 8.89 Å². The lowest BCUT2D eigenvalue weighted by molar-refractivity contribution is -0.114. The van der Waals surface area contributed by atoms with Gasteiger partial charge in [0.25, 0.3) is 5.91 Å². The van der Waals surface area contributed by atoms with Gasteiger partial charge >= 0.3 is 0 Å². The summed E-state index contributed by atoms with van der Waals surface area (Å²) in [5, 5.41) is 9.42. The molecule has 160 valence electrons. The van der Waals surface area contributed by atoms with Crippen molar-refractivity contribution in [3.05, 3.63) is 36.0 Å². The average molecular weight is 430 g/mol. The zero-order chi connectivity index (χ0) is 20.8. The molecule has 3 aliphatic heterocycles. The fourth-order valence-electron chi connectivity index (χ4n) is 4.76. The Labute approximate surface area is 178 Å². The Balaban J connectivity index is 1.36. The average Bonchev–Trinajstić information content (AvgIpc) is 3.28. The highest BCUT2D eigenvalue weighted by molar-refractivity contribution is 7.93. The molecule has 1 amide bonds. The molecule has 0 radical (unpaired) electrons. The summed E-state index contributed by atoms with van der Waals surface area (Å²) in [4.78, 5) is 14.0. The third kappa shape index (κ3) is 3.60. The van der Waals surface area contributed by atoms with Crippen LogP contribution in [0.15, 0.2) is 30.5 Å². The number of hydrogen-bond donors (Lipinski definition) is 2. The van der Waals surface area contributed by atoms with E-state index in [4.69, 9.17) is 4.74 Å². The first kappa shape index (κ1) is 19.9. The second-order valence-electron chi connectivity index (χ2n) is 8.68. The Morgan fingerprint density at radius 2 is 2.23 bits per heavy atom. The molecule has 4 heterocycles. The van der Waals surface area contributed by atoms with Gasteiger partial charge in [-0.15, -0.1) is 0 Å². The van der Waals surface area contributed by atoms with Crippen LogP contribution < -0.4 is 10.0 Å². The number of hydrogen-bond acceptors (Lipinski definition) is 6. The maximum atomic E-state index is 12.1. The summed E-state index contributed by atoms with van der Waals surface area (Å²) in [6, 6.07) is 6.25. The van der Waals surface area contributed by atoms with E-state index >= 15 is 0 Å². The minimum absolute atomic E-state index is 0.192. The Morgan fingerprint density at radius 1 is 1.37 bits per heavy atom. The molecule has 2 saturated heterocycles. The van der Waals surface area contributed by atoms with Gasteiger partial charge in [0.15, 0.2) is 16.0 Å². The minimum atomic E-state index is -1.57. The first-order valence-corrected chi connectivity index (χ1v) is 11.7. The zero-order valence-electron chi connectivity index (χ0n) is 17.2. The van der Waals surface area contributed by atoms with E-state index in [1.165, 1.54) is 11.6 Å². The van der Waals surface area contributed by atoms with Crippen molar-refractivity contribution in [2.45, 2.75) is 38.5 Å². The molecule has 9 heteroatoms. The van der Waals surface area contributed by atoms with Crippen molar-refractivity contribution >= 4 is 32.8 Å². The van der Waals surface area contributed by atoms with Crippen molar-refractivity contribution in [3.8, 4) is 0 Å². The van der Waals surface area contributed by atoms with Crippen molar-refractivity contribution in [2.24, 2.45) is 5.92 Å². The number of carbonyl (C=O) groups is 1. The Bertz CT molecular complexity index is 1030. The molecule has 0 spiro atoms. The fraction of sp³-hybridized carbons (Fsp3) is 0.524. The maximum absolute atomic E-state index is 12.1. The molecule has 1 aromatic carbocycles. The van der Waals surface area contributed by atoms with E-state index in [1.54, 1.807) is 10.9 Å². The molecular weight excluding hydrogens is 402 g/mol. The quantitative estimate of drug-likeness (QED) is 0.764. The van der Waals surface area contributed by atoms with Gasteiger partial charge in [0.1, 0.15) is 0 Å². The van der Waals surface area contributed by atoms with Crippen molar-refractivity contribution in [2.75, 3.05) is 26.2 Å². The first-order chi connectivity index (χ1) is 14.5. The summed E-state index contributed by atoms with van der Waals surface area (Å²) in [6.45, 7) is 8.28. The van der Waals surface area contributed by atoms with Gasteiger partial charge in [-0.1, -0.05) is 19.9 Å². The molecule has 8 nitrogen and oxygen atoms in total. The van der Waals surface area contributed by atoms with Crippen LogP contribution in [0.5, 0.6) is 0 Å². The summed E-state index contributed by atoms with van der Waals surface area (Å²) in [5.41, 5.74) is 2.09. The van der Waals surface area contributed by atoms with Gasteiger partial charge in [-0.2, -0.15) is 5.10 Å². The number of aromatic nitrogens is 2. The molecule has 2 fully saturated rings. The monoisotopic (exact) mass is 429 g/mol. The van der Waals surface area contributed by atoms with Gasteiger partial charge in [0.05, 0.1) is 30.6 Å². The minimum Gasteiger partial charge on any atom is -0.374 e. The number of benzene rings is 1. The molecular formula is C21H27N5O3S. The number of carbonyl (C=O) groups excluding carboxylic acids is 1. The SMILES string of the molecule is CC(C)CN1CCOC2CC(c3ccc4c(cnn4C4=CC(=O)NS4=O)c3)CNC21. The van der Waals surface area contributed by atoms with Crippen LogP contribution in [0.2, 0.25) is 0 Å². The normalized spacial score (nSPS) is 29.8. The maximum Gasteiger partial charge on any atom is 0.258 e. The molecule has 3 aliphatic rings. The second-order valence-corrected chi connectivity index (χ2v) is 9.84. The second kappa shape index (κ2) is 7.88. The van der Waals surface area contributed by atoms with Crippen molar-refractivity contribution < 1.29 is 13.7 Å². The van der Waals surface area contributed by atoms with Crippen LogP contribution in [0.4, 0.5) is 0 Å². The summed E-state index contributed by atoms with van der Waals surface area (Å²) in [5.74, 6) is 0.642. The Kier molecular flexibility index (Phi) is 5.22. The van der Waals surface area contributed by atoms with Crippen LogP contribution in [-0.2, 0) is 20.5 Å². The first-order valence-electron chi connectivity index (χ1n) is 10.5. The summed E-state index contributed by atoms with van der Waals surface area (Å²) in [6.07, 6.45) is 4.57. The number of rotatable bonds is 4. The van der Waals surface area contributed by atoms with Crippen molar-refractivity contribution in [3.63, 3.8) is 0 Å². The third-order valence-electron chi connectivity index (χ3n) is 6.06.